The number of pyridine rings is 1. The van der Waals surface area contributed by atoms with E-state index in [2.05, 4.69) is 15.0 Å². The first-order valence-electron chi connectivity index (χ1n) is 6.20. The highest BCUT2D eigenvalue weighted by Gasteiger charge is 2.13. The van der Waals surface area contributed by atoms with Gasteiger partial charge in [-0.1, -0.05) is 12.1 Å². The second-order valence-corrected chi connectivity index (χ2v) is 6.15. The minimum Gasteiger partial charge on any atom is -0.316 e. The molecule has 0 spiro atoms. The van der Waals surface area contributed by atoms with Crippen LogP contribution < -0.4 is 10.0 Å². The molecule has 0 saturated heterocycles. The molecule has 0 atom stereocenters. The zero-order valence-corrected chi connectivity index (χ0v) is 12.2. The van der Waals surface area contributed by atoms with Crippen molar-refractivity contribution in [3.8, 4) is 0 Å². The summed E-state index contributed by atoms with van der Waals surface area (Å²) in [6.45, 7) is 2.52. The van der Waals surface area contributed by atoms with Crippen LogP contribution in [-0.4, -0.2) is 20.4 Å². The summed E-state index contributed by atoms with van der Waals surface area (Å²) in [6, 6.07) is 10.1. The minimum absolute atomic E-state index is 0.242. The number of aromatic nitrogens is 1. The van der Waals surface area contributed by atoms with Crippen molar-refractivity contribution in [3.05, 3.63) is 53.9 Å². The fourth-order valence-corrected chi connectivity index (χ4v) is 2.86. The molecule has 5 nitrogen and oxygen atoms in total. The summed E-state index contributed by atoms with van der Waals surface area (Å²) in [5, 5.41) is 3.02. The first-order chi connectivity index (χ1) is 9.51. The highest BCUT2D eigenvalue weighted by molar-refractivity contribution is 7.92. The molecule has 0 bridgehead atoms. The number of aryl methyl sites for hydroxylation is 1. The van der Waals surface area contributed by atoms with Crippen molar-refractivity contribution < 1.29 is 8.42 Å². The molecule has 2 N–H and O–H groups in total. The van der Waals surface area contributed by atoms with Crippen LogP contribution in [0.4, 0.5) is 5.69 Å². The SMILES string of the molecule is CNCc1ccc(S(=O)(=O)Nc2ccnc(C)c2)cc1. The number of rotatable bonds is 5. The van der Waals surface area contributed by atoms with Crippen LogP contribution in [0.2, 0.25) is 0 Å². The Kier molecular flexibility index (Phi) is 4.36. The summed E-state index contributed by atoms with van der Waals surface area (Å²) in [4.78, 5) is 4.28. The van der Waals surface area contributed by atoms with Crippen LogP contribution in [0.5, 0.6) is 0 Å². The fraction of sp³-hybridized carbons (Fsp3) is 0.214. The van der Waals surface area contributed by atoms with Crippen LogP contribution in [0, 0.1) is 6.92 Å². The second-order valence-electron chi connectivity index (χ2n) is 4.47. The van der Waals surface area contributed by atoms with E-state index in [4.69, 9.17) is 0 Å². The van der Waals surface area contributed by atoms with Gasteiger partial charge >= 0.3 is 0 Å². The van der Waals surface area contributed by atoms with Crippen LogP contribution in [0.15, 0.2) is 47.5 Å². The lowest BCUT2D eigenvalue weighted by Crippen LogP contribution is -2.13. The van der Waals surface area contributed by atoms with E-state index in [-0.39, 0.29) is 4.90 Å². The third-order valence-corrected chi connectivity index (χ3v) is 4.16. The molecule has 1 aromatic heterocycles. The molecule has 106 valence electrons. The van der Waals surface area contributed by atoms with Crippen LogP contribution in [0.3, 0.4) is 0 Å². The zero-order chi connectivity index (χ0) is 14.6. The Balaban J connectivity index is 2.21. The molecule has 0 saturated carbocycles. The van der Waals surface area contributed by atoms with E-state index in [1.54, 1.807) is 42.6 Å². The van der Waals surface area contributed by atoms with Gasteiger partial charge in [0, 0.05) is 18.4 Å². The van der Waals surface area contributed by atoms with Crippen molar-refractivity contribution in [1.29, 1.82) is 0 Å². The van der Waals surface area contributed by atoms with Crippen molar-refractivity contribution in [3.63, 3.8) is 0 Å². The van der Waals surface area contributed by atoms with Gasteiger partial charge in [0.25, 0.3) is 10.0 Å². The third-order valence-electron chi connectivity index (χ3n) is 2.76. The molecule has 0 aliphatic heterocycles. The van der Waals surface area contributed by atoms with Crippen LogP contribution in [-0.2, 0) is 16.6 Å². The summed E-state index contributed by atoms with van der Waals surface area (Å²) in [5.74, 6) is 0. The Morgan fingerprint density at radius 3 is 2.45 bits per heavy atom. The molecule has 0 radical (unpaired) electrons. The van der Waals surface area contributed by atoms with Crippen molar-refractivity contribution in [2.24, 2.45) is 0 Å². The van der Waals surface area contributed by atoms with Gasteiger partial charge in [-0.3, -0.25) is 9.71 Å². The van der Waals surface area contributed by atoms with Gasteiger partial charge in [0.05, 0.1) is 10.6 Å². The maximum Gasteiger partial charge on any atom is 0.261 e. The molecule has 20 heavy (non-hydrogen) atoms. The highest BCUT2D eigenvalue weighted by Crippen LogP contribution is 2.16. The summed E-state index contributed by atoms with van der Waals surface area (Å²) in [6.07, 6.45) is 1.57. The van der Waals surface area contributed by atoms with Crippen LogP contribution >= 0.6 is 0 Å². The van der Waals surface area contributed by atoms with E-state index < -0.39 is 10.0 Å². The van der Waals surface area contributed by atoms with Gasteiger partial charge in [-0.25, -0.2) is 8.42 Å². The topological polar surface area (TPSA) is 71.1 Å². The standard InChI is InChI=1S/C14H17N3O2S/c1-11-9-13(7-8-16-11)17-20(18,19)14-5-3-12(4-6-14)10-15-2/h3-9,15H,10H2,1-2H3,(H,16,17). The highest BCUT2D eigenvalue weighted by atomic mass is 32.2. The van der Waals surface area contributed by atoms with Gasteiger partial charge in [0.15, 0.2) is 0 Å². The van der Waals surface area contributed by atoms with Gasteiger partial charge in [0.2, 0.25) is 0 Å². The zero-order valence-electron chi connectivity index (χ0n) is 11.4. The van der Waals surface area contributed by atoms with Gasteiger partial charge < -0.3 is 5.32 Å². The van der Waals surface area contributed by atoms with Crippen LogP contribution in [0.25, 0.3) is 0 Å². The predicted molar refractivity (Wildman–Crippen MR) is 79.0 cm³/mol. The fourth-order valence-electron chi connectivity index (χ4n) is 1.81. The first kappa shape index (κ1) is 14.5. The van der Waals surface area contributed by atoms with Crippen molar-refractivity contribution in [2.45, 2.75) is 18.4 Å². The van der Waals surface area contributed by atoms with Crippen molar-refractivity contribution in [1.82, 2.24) is 10.3 Å². The molecule has 0 aliphatic carbocycles. The lowest BCUT2D eigenvalue weighted by Gasteiger charge is -2.09. The molecule has 2 aromatic rings. The number of sulfonamides is 1. The molecule has 0 fully saturated rings. The molecule has 6 heteroatoms. The monoisotopic (exact) mass is 291 g/mol. The van der Waals surface area contributed by atoms with E-state index in [9.17, 15) is 8.42 Å². The minimum atomic E-state index is -3.56. The average molecular weight is 291 g/mol. The molecular weight excluding hydrogens is 274 g/mol. The Morgan fingerprint density at radius 2 is 1.85 bits per heavy atom. The molecular formula is C14H17N3O2S. The lowest BCUT2D eigenvalue weighted by atomic mass is 10.2. The number of anilines is 1. The van der Waals surface area contributed by atoms with Crippen molar-refractivity contribution >= 4 is 15.7 Å². The third kappa shape index (κ3) is 3.55. The number of hydrogen-bond acceptors (Lipinski definition) is 4. The summed E-state index contributed by atoms with van der Waals surface area (Å²) in [7, 11) is -1.71. The van der Waals surface area contributed by atoms with Gasteiger partial charge in [0.1, 0.15) is 0 Å². The normalized spacial score (nSPS) is 11.3. The Hall–Kier alpha value is -1.92. The van der Waals surface area contributed by atoms with Gasteiger partial charge in [-0.05, 0) is 43.8 Å². The number of hydrogen-bond donors (Lipinski definition) is 2. The van der Waals surface area contributed by atoms with E-state index in [1.165, 1.54) is 0 Å². The number of nitrogens with one attached hydrogen (secondary N) is 2. The molecule has 1 heterocycles. The Bertz CT molecular complexity index is 682. The van der Waals surface area contributed by atoms with Crippen molar-refractivity contribution in [2.75, 3.05) is 11.8 Å². The maximum atomic E-state index is 12.2. The summed E-state index contributed by atoms with van der Waals surface area (Å²) >= 11 is 0. The van der Waals surface area contributed by atoms with E-state index in [0.717, 1.165) is 11.3 Å². The second kappa shape index (κ2) is 6.02. The first-order valence-corrected chi connectivity index (χ1v) is 7.68. The molecule has 0 unspecified atom stereocenters. The van der Waals surface area contributed by atoms with Gasteiger partial charge in [-0.15, -0.1) is 0 Å². The summed E-state index contributed by atoms with van der Waals surface area (Å²) in [5.41, 5.74) is 2.30. The number of nitrogens with zero attached hydrogens (tertiary/aromatic N) is 1. The molecule has 0 aliphatic rings. The Morgan fingerprint density at radius 1 is 1.15 bits per heavy atom. The Labute approximate surface area is 119 Å². The number of benzene rings is 1. The van der Waals surface area contributed by atoms with Crippen LogP contribution in [0.1, 0.15) is 11.3 Å². The molecule has 0 amide bonds. The van der Waals surface area contributed by atoms with Gasteiger partial charge in [-0.2, -0.15) is 0 Å². The van der Waals surface area contributed by atoms with E-state index in [1.807, 2.05) is 14.0 Å². The molecule has 2 rings (SSSR count). The average Bonchev–Trinajstić information content (AvgIpc) is 2.39. The quantitative estimate of drug-likeness (QED) is 0.883. The van der Waals surface area contributed by atoms with E-state index >= 15 is 0 Å². The predicted octanol–water partition coefficient (Wildman–Crippen LogP) is 1.91. The maximum absolute atomic E-state index is 12.2. The summed E-state index contributed by atoms with van der Waals surface area (Å²) < 4.78 is 27.0. The smallest absolute Gasteiger partial charge is 0.261 e. The van der Waals surface area contributed by atoms with E-state index in [0.29, 0.717) is 12.2 Å². The lowest BCUT2D eigenvalue weighted by molar-refractivity contribution is 0.601. The largest absolute Gasteiger partial charge is 0.316 e. The molecule has 1 aromatic carbocycles.